The van der Waals surface area contributed by atoms with Crippen LogP contribution < -0.4 is 10.6 Å². The number of sulfone groups is 1. The first-order chi connectivity index (χ1) is 10.9. The minimum Gasteiger partial charge on any atom is -0.459 e. The molecular formula is C16H24IN3O3S. The zero-order chi connectivity index (χ0) is 16.9. The number of halogens is 1. The van der Waals surface area contributed by atoms with Crippen molar-refractivity contribution >= 4 is 50.7 Å². The summed E-state index contributed by atoms with van der Waals surface area (Å²) in [6.45, 7) is 2.44. The Balaban J connectivity index is 0.00000288. The van der Waals surface area contributed by atoms with Crippen molar-refractivity contribution in [1.29, 1.82) is 0 Å². The Labute approximate surface area is 160 Å². The minimum absolute atomic E-state index is 0. The van der Waals surface area contributed by atoms with Crippen LogP contribution in [0.4, 0.5) is 0 Å². The fourth-order valence-electron chi connectivity index (χ4n) is 2.19. The highest BCUT2D eigenvalue weighted by atomic mass is 127. The van der Waals surface area contributed by atoms with Gasteiger partial charge in [0.2, 0.25) is 0 Å². The molecule has 0 aliphatic rings. The minimum atomic E-state index is -2.95. The number of guanidine groups is 1. The molecule has 0 aliphatic carbocycles. The van der Waals surface area contributed by atoms with Gasteiger partial charge >= 0.3 is 0 Å². The van der Waals surface area contributed by atoms with Crippen LogP contribution in [0, 0.1) is 0 Å². The maximum absolute atomic E-state index is 11.2. The van der Waals surface area contributed by atoms with Gasteiger partial charge in [-0.2, -0.15) is 0 Å². The van der Waals surface area contributed by atoms with Crippen molar-refractivity contribution < 1.29 is 12.8 Å². The maximum atomic E-state index is 11.2. The van der Waals surface area contributed by atoms with Crippen molar-refractivity contribution in [3.8, 4) is 0 Å². The molecule has 6 nitrogen and oxygen atoms in total. The lowest BCUT2D eigenvalue weighted by molar-refractivity contribution is 0.534. The number of fused-ring (bicyclic) bond motifs is 1. The van der Waals surface area contributed by atoms with Gasteiger partial charge in [0.15, 0.2) is 5.96 Å². The van der Waals surface area contributed by atoms with Crippen LogP contribution in [0.3, 0.4) is 0 Å². The molecule has 0 saturated heterocycles. The normalized spacial score (nSPS) is 13.4. The first-order valence-electron chi connectivity index (χ1n) is 7.50. The third-order valence-electron chi connectivity index (χ3n) is 3.43. The smallest absolute Gasteiger partial charge is 0.191 e. The number of nitrogens with one attached hydrogen (secondary N) is 2. The Morgan fingerprint density at radius 1 is 1.33 bits per heavy atom. The van der Waals surface area contributed by atoms with Gasteiger partial charge in [0.25, 0.3) is 0 Å². The maximum Gasteiger partial charge on any atom is 0.191 e. The number of rotatable bonds is 6. The fraction of sp³-hybridized carbons (Fsp3) is 0.438. The average molecular weight is 465 g/mol. The summed E-state index contributed by atoms with van der Waals surface area (Å²) in [5.41, 5.74) is 0.855. The van der Waals surface area contributed by atoms with Gasteiger partial charge in [-0.15, -0.1) is 24.0 Å². The monoisotopic (exact) mass is 465 g/mol. The second-order valence-electron chi connectivity index (χ2n) is 5.64. The lowest BCUT2D eigenvalue weighted by atomic mass is 10.2. The molecule has 0 amide bonds. The number of hydrogen-bond acceptors (Lipinski definition) is 4. The van der Waals surface area contributed by atoms with Crippen molar-refractivity contribution in [3.63, 3.8) is 0 Å². The van der Waals surface area contributed by atoms with E-state index in [-0.39, 0.29) is 35.8 Å². The highest BCUT2D eigenvalue weighted by Gasteiger charge is 2.10. The quantitative estimate of drug-likeness (QED) is 0.389. The molecule has 1 aromatic carbocycles. The van der Waals surface area contributed by atoms with E-state index in [1.807, 2.05) is 37.3 Å². The summed E-state index contributed by atoms with van der Waals surface area (Å²) in [4.78, 5) is 4.14. The number of furan rings is 1. The molecule has 0 saturated carbocycles. The van der Waals surface area contributed by atoms with Crippen LogP contribution in [0.25, 0.3) is 11.0 Å². The van der Waals surface area contributed by atoms with Gasteiger partial charge in [0.05, 0.1) is 12.3 Å². The highest BCUT2D eigenvalue weighted by molar-refractivity contribution is 14.0. The topological polar surface area (TPSA) is 83.7 Å². The average Bonchev–Trinajstić information content (AvgIpc) is 2.91. The molecule has 1 unspecified atom stereocenters. The molecule has 0 bridgehead atoms. The van der Waals surface area contributed by atoms with Crippen molar-refractivity contribution in [2.75, 3.05) is 19.1 Å². The summed E-state index contributed by atoms with van der Waals surface area (Å²) in [6, 6.07) is 9.84. The first kappa shape index (κ1) is 20.8. The molecular weight excluding hydrogens is 441 g/mol. The molecule has 0 spiro atoms. The van der Waals surface area contributed by atoms with Crippen LogP contribution in [0.2, 0.25) is 0 Å². The molecule has 134 valence electrons. The molecule has 8 heteroatoms. The molecule has 24 heavy (non-hydrogen) atoms. The number of aliphatic imine (C=N–C) groups is 1. The van der Waals surface area contributed by atoms with Gasteiger partial charge in [-0.25, -0.2) is 8.42 Å². The summed E-state index contributed by atoms with van der Waals surface area (Å²) in [5, 5.41) is 7.41. The van der Waals surface area contributed by atoms with Crippen molar-refractivity contribution in [2.45, 2.75) is 25.9 Å². The lowest BCUT2D eigenvalue weighted by Gasteiger charge is -2.17. The van der Waals surface area contributed by atoms with E-state index in [1.54, 1.807) is 7.05 Å². The number of nitrogens with zero attached hydrogens (tertiary/aromatic N) is 1. The molecule has 0 radical (unpaired) electrons. The predicted molar refractivity (Wildman–Crippen MR) is 109 cm³/mol. The number of hydrogen-bond donors (Lipinski definition) is 2. The molecule has 0 aliphatic heterocycles. The predicted octanol–water partition coefficient (Wildman–Crippen LogP) is 2.54. The molecule has 1 atom stereocenters. The van der Waals surface area contributed by atoms with Crippen molar-refractivity contribution in [1.82, 2.24) is 10.6 Å². The van der Waals surface area contributed by atoms with E-state index in [0.29, 0.717) is 18.9 Å². The third kappa shape index (κ3) is 6.68. The Bertz CT molecular complexity index is 754. The van der Waals surface area contributed by atoms with E-state index in [0.717, 1.165) is 16.7 Å². The largest absolute Gasteiger partial charge is 0.459 e. The number of para-hydroxylation sites is 1. The van der Waals surface area contributed by atoms with Gasteiger partial charge in [-0.1, -0.05) is 18.2 Å². The highest BCUT2D eigenvalue weighted by Crippen LogP contribution is 2.18. The van der Waals surface area contributed by atoms with E-state index in [2.05, 4.69) is 15.6 Å². The van der Waals surface area contributed by atoms with Crippen LogP contribution in [-0.4, -0.2) is 39.5 Å². The van der Waals surface area contributed by atoms with Crippen LogP contribution in [0.15, 0.2) is 39.7 Å². The number of benzene rings is 1. The van der Waals surface area contributed by atoms with Crippen LogP contribution >= 0.6 is 24.0 Å². The molecule has 1 aromatic heterocycles. The van der Waals surface area contributed by atoms with E-state index < -0.39 is 9.84 Å². The standard InChI is InChI=1S/C16H23N3O3S.HI/c1-12(8-9-23(3,20)21)19-16(17-2)18-11-14-10-13-6-4-5-7-15(13)22-14;/h4-7,10,12H,8-9,11H2,1-3H3,(H2,17,18,19);1H. The van der Waals surface area contributed by atoms with Gasteiger partial charge < -0.3 is 15.1 Å². The van der Waals surface area contributed by atoms with Gasteiger partial charge in [-0.3, -0.25) is 4.99 Å². The Morgan fingerprint density at radius 3 is 2.67 bits per heavy atom. The van der Waals surface area contributed by atoms with Gasteiger partial charge in [0, 0.05) is 24.7 Å². The second-order valence-corrected chi connectivity index (χ2v) is 7.90. The first-order valence-corrected chi connectivity index (χ1v) is 9.56. The summed E-state index contributed by atoms with van der Waals surface area (Å²) in [6.07, 6.45) is 1.78. The van der Waals surface area contributed by atoms with Crippen molar-refractivity contribution in [2.24, 2.45) is 4.99 Å². The fourth-order valence-corrected chi connectivity index (χ4v) is 2.97. The summed E-state index contributed by atoms with van der Waals surface area (Å²) >= 11 is 0. The van der Waals surface area contributed by atoms with Crippen LogP contribution in [0.5, 0.6) is 0 Å². The van der Waals surface area contributed by atoms with E-state index in [4.69, 9.17) is 4.42 Å². The zero-order valence-corrected chi connectivity index (χ0v) is 17.2. The lowest BCUT2D eigenvalue weighted by Crippen LogP contribution is -2.42. The zero-order valence-electron chi connectivity index (χ0n) is 14.1. The van der Waals surface area contributed by atoms with Crippen molar-refractivity contribution in [3.05, 3.63) is 36.1 Å². The molecule has 1 heterocycles. The van der Waals surface area contributed by atoms with Gasteiger partial charge in [0.1, 0.15) is 21.2 Å². The molecule has 2 rings (SSSR count). The molecule has 2 aromatic rings. The van der Waals surface area contributed by atoms with Crippen LogP contribution in [-0.2, 0) is 16.4 Å². The third-order valence-corrected chi connectivity index (χ3v) is 4.41. The van der Waals surface area contributed by atoms with E-state index in [1.165, 1.54) is 6.26 Å². The Hall–Kier alpha value is -1.29. The van der Waals surface area contributed by atoms with E-state index in [9.17, 15) is 8.42 Å². The summed E-state index contributed by atoms with van der Waals surface area (Å²) < 4.78 is 28.1. The summed E-state index contributed by atoms with van der Waals surface area (Å²) in [5.74, 6) is 1.59. The van der Waals surface area contributed by atoms with Crippen LogP contribution in [0.1, 0.15) is 19.1 Å². The van der Waals surface area contributed by atoms with E-state index >= 15 is 0 Å². The van der Waals surface area contributed by atoms with Gasteiger partial charge in [-0.05, 0) is 25.5 Å². The second kappa shape index (κ2) is 9.26. The Kier molecular flexibility index (Phi) is 8.01. The molecule has 0 fully saturated rings. The molecule has 2 N–H and O–H groups in total. The summed E-state index contributed by atoms with van der Waals surface area (Å²) in [7, 11) is -1.27. The SMILES string of the molecule is CN=C(NCc1cc2ccccc2o1)NC(C)CCS(C)(=O)=O.I. The Morgan fingerprint density at radius 2 is 2.04 bits per heavy atom.